The first-order chi connectivity index (χ1) is 11.9. The molecule has 3 rings (SSSR count). The zero-order valence-corrected chi connectivity index (χ0v) is 15.9. The van der Waals surface area contributed by atoms with E-state index in [1.54, 1.807) is 0 Å². The molecule has 1 amide bonds. The van der Waals surface area contributed by atoms with E-state index in [1.807, 2.05) is 45.1 Å². The molecule has 0 radical (unpaired) electrons. The maximum Gasteiger partial charge on any atom is 0.239 e. The topological polar surface area (TPSA) is 53.8 Å². The highest BCUT2D eigenvalue weighted by atomic mass is 16.5. The number of aromatic nitrogens is 2. The predicted molar refractivity (Wildman–Crippen MR) is 96.1 cm³/mol. The molecule has 0 N–H and O–H groups in total. The number of aryl methyl sites for hydroxylation is 1. The molecule has 2 aliphatic heterocycles. The van der Waals surface area contributed by atoms with Crippen LogP contribution in [0.25, 0.3) is 0 Å². The van der Waals surface area contributed by atoms with E-state index in [0.29, 0.717) is 13.1 Å². The lowest BCUT2D eigenvalue weighted by atomic mass is 10.1. The molecule has 0 aliphatic carbocycles. The molecular formula is C18H31N5O2. The number of nitrogens with zero attached hydrogens (tertiary/aromatic N) is 5. The summed E-state index contributed by atoms with van der Waals surface area (Å²) in [6, 6.07) is -0.0622. The van der Waals surface area contributed by atoms with Gasteiger partial charge in [0, 0.05) is 58.7 Å². The third kappa shape index (κ3) is 4.40. The Balaban J connectivity index is 1.50. The summed E-state index contributed by atoms with van der Waals surface area (Å²) in [4.78, 5) is 24.0. The highest BCUT2D eigenvalue weighted by Gasteiger charge is 2.32. The van der Waals surface area contributed by atoms with Crippen LogP contribution in [0.2, 0.25) is 0 Å². The number of imidazole rings is 1. The number of piperazine rings is 1. The molecule has 0 bridgehead atoms. The Morgan fingerprint density at radius 1 is 1.24 bits per heavy atom. The average Bonchev–Trinajstić information content (AvgIpc) is 2.98. The van der Waals surface area contributed by atoms with Crippen molar-refractivity contribution in [1.29, 1.82) is 0 Å². The lowest BCUT2D eigenvalue weighted by Crippen LogP contribution is -2.57. The van der Waals surface area contributed by atoms with Crippen molar-refractivity contribution in [2.75, 3.05) is 39.3 Å². The molecule has 3 heterocycles. The van der Waals surface area contributed by atoms with Crippen molar-refractivity contribution in [2.45, 2.75) is 45.6 Å². The predicted octanol–water partition coefficient (Wildman–Crippen LogP) is 0.562. The third-order valence-corrected chi connectivity index (χ3v) is 5.33. The van der Waals surface area contributed by atoms with Crippen LogP contribution >= 0.6 is 0 Å². The summed E-state index contributed by atoms with van der Waals surface area (Å²) >= 11 is 0. The van der Waals surface area contributed by atoms with Gasteiger partial charge in [0.2, 0.25) is 5.91 Å². The van der Waals surface area contributed by atoms with Crippen molar-refractivity contribution in [3.05, 3.63) is 18.2 Å². The van der Waals surface area contributed by atoms with E-state index in [0.717, 1.165) is 38.5 Å². The van der Waals surface area contributed by atoms with Gasteiger partial charge < -0.3 is 14.2 Å². The zero-order valence-electron chi connectivity index (χ0n) is 15.9. The Morgan fingerprint density at radius 2 is 1.88 bits per heavy atom. The van der Waals surface area contributed by atoms with Gasteiger partial charge in [0.05, 0.1) is 24.8 Å². The molecule has 2 aliphatic rings. The minimum Gasteiger partial charge on any atom is -0.372 e. The van der Waals surface area contributed by atoms with Gasteiger partial charge >= 0.3 is 0 Å². The van der Waals surface area contributed by atoms with Crippen molar-refractivity contribution >= 4 is 5.91 Å². The standard InChI is InChI=1S/C18H31N5O2/c1-14-11-23(12-15(2)25-14)18(24)16(3)22-9-7-21(8-10-22)13-17-19-5-6-20(17)4/h5-6,14-16H,7-13H2,1-4H3/t14-,15-,16-/m1/s1. The van der Waals surface area contributed by atoms with Crippen LogP contribution in [0.15, 0.2) is 12.4 Å². The highest BCUT2D eigenvalue weighted by Crippen LogP contribution is 2.15. The molecule has 3 atom stereocenters. The number of morpholine rings is 1. The summed E-state index contributed by atoms with van der Waals surface area (Å²) < 4.78 is 7.81. The second-order valence-electron chi connectivity index (χ2n) is 7.44. The van der Waals surface area contributed by atoms with Gasteiger partial charge in [0.25, 0.3) is 0 Å². The second-order valence-corrected chi connectivity index (χ2v) is 7.44. The summed E-state index contributed by atoms with van der Waals surface area (Å²) in [5, 5.41) is 0. The molecule has 1 aromatic rings. The van der Waals surface area contributed by atoms with Gasteiger partial charge in [-0.2, -0.15) is 0 Å². The van der Waals surface area contributed by atoms with Gasteiger partial charge in [-0.15, -0.1) is 0 Å². The smallest absolute Gasteiger partial charge is 0.239 e. The van der Waals surface area contributed by atoms with Gasteiger partial charge in [-0.3, -0.25) is 14.6 Å². The number of amides is 1. The van der Waals surface area contributed by atoms with Gasteiger partial charge in [-0.1, -0.05) is 0 Å². The summed E-state index contributed by atoms with van der Waals surface area (Å²) in [6.45, 7) is 12.2. The maximum atomic E-state index is 12.9. The lowest BCUT2D eigenvalue weighted by Gasteiger charge is -2.41. The lowest BCUT2D eigenvalue weighted by molar-refractivity contribution is -0.148. The normalized spacial score (nSPS) is 27.4. The molecule has 0 spiro atoms. The first-order valence-corrected chi connectivity index (χ1v) is 9.31. The number of carbonyl (C=O) groups excluding carboxylic acids is 1. The Hall–Kier alpha value is -1.44. The van der Waals surface area contributed by atoms with E-state index in [1.165, 1.54) is 0 Å². The molecule has 7 heteroatoms. The highest BCUT2D eigenvalue weighted by molar-refractivity contribution is 5.81. The second kappa shape index (κ2) is 7.85. The maximum absolute atomic E-state index is 12.9. The van der Waals surface area contributed by atoms with E-state index in [-0.39, 0.29) is 24.2 Å². The fourth-order valence-corrected chi connectivity index (χ4v) is 3.84. The minimum absolute atomic E-state index is 0.0622. The van der Waals surface area contributed by atoms with Crippen molar-refractivity contribution in [3.8, 4) is 0 Å². The number of ether oxygens (including phenoxy) is 1. The molecule has 140 valence electrons. The molecule has 7 nitrogen and oxygen atoms in total. The van der Waals surface area contributed by atoms with Crippen LogP contribution in [0.1, 0.15) is 26.6 Å². The Morgan fingerprint density at radius 3 is 2.44 bits per heavy atom. The van der Waals surface area contributed by atoms with E-state index >= 15 is 0 Å². The van der Waals surface area contributed by atoms with E-state index in [2.05, 4.69) is 19.4 Å². The number of rotatable bonds is 4. The van der Waals surface area contributed by atoms with Crippen LogP contribution in [0.4, 0.5) is 0 Å². The van der Waals surface area contributed by atoms with Crippen LogP contribution in [0.5, 0.6) is 0 Å². The van der Waals surface area contributed by atoms with E-state index < -0.39 is 0 Å². The molecule has 0 aromatic carbocycles. The largest absolute Gasteiger partial charge is 0.372 e. The number of hydrogen-bond donors (Lipinski definition) is 0. The molecule has 25 heavy (non-hydrogen) atoms. The summed E-state index contributed by atoms with van der Waals surface area (Å²) in [6.07, 6.45) is 4.07. The fraction of sp³-hybridized carbons (Fsp3) is 0.778. The van der Waals surface area contributed by atoms with Crippen molar-refractivity contribution in [1.82, 2.24) is 24.3 Å². The van der Waals surface area contributed by atoms with Gasteiger partial charge in [0.15, 0.2) is 0 Å². The molecular weight excluding hydrogens is 318 g/mol. The molecule has 2 saturated heterocycles. The van der Waals surface area contributed by atoms with Gasteiger partial charge in [0.1, 0.15) is 5.82 Å². The van der Waals surface area contributed by atoms with Gasteiger partial charge in [-0.05, 0) is 20.8 Å². The summed E-state index contributed by atoms with van der Waals surface area (Å²) in [5.41, 5.74) is 0. The van der Waals surface area contributed by atoms with E-state index in [4.69, 9.17) is 4.74 Å². The first kappa shape index (κ1) is 18.4. The monoisotopic (exact) mass is 349 g/mol. The molecule has 0 unspecified atom stereocenters. The Labute approximate surface area is 150 Å². The third-order valence-electron chi connectivity index (χ3n) is 5.33. The van der Waals surface area contributed by atoms with Crippen molar-refractivity contribution in [2.24, 2.45) is 7.05 Å². The fourth-order valence-electron chi connectivity index (χ4n) is 3.84. The van der Waals surface area contributed by atoms with Gasteiger partial charge in [-0.25, -0.2) is 4.98 Å². The zero-order chi connectivity index (χ0) is 18.0. The number of hydrogen-bond acceptors (Lipinski definition) is 5. The SMILES string of the molecule is C[C@@H]1CN(C(=O)[C@@H](C)N2CCN(Cc3nccn3C)CC2)C[C@@H](C)O1. The quantitative estimate of drug-likeness (QED) is 0.795. The van der Waals surface area contributed by atoms with Crippen LogP contribution in [-0.4, -0.2) is 87.7 Å². The molecule has 1 aromatic heterocycles. The van der Waals surface area contributed by atoms with Crippen LogP contribution < -0.4 is 0 Å². The Kier molecular flexibility index (Phi) is 5.76. The number of carbonyl (C=O) groups is 1. The van der Waals surface area contributed by atoms with Crippen LogP contribution in [0.3, 0.4) is 0 Å². The molecule has 2 fully saturated rings. The van der Waals surface area contributed by atoms with Crippen molar-refractivity contribution in [3.63, 3.8) is 0 Å². The average molecular weight is 349 g/mol. The summed E-state index contributed by atoms with van der Waals surface area (Å²) in [7, 11) is 2.03. The van der Waals surface area contributed by atoms with Crippen molar-refractivity contribution < 1.29 is 9.53 Å². The first-order valence-electron chi connectivity index (χ1n) is 9.31. The van der Waals surface area contributed by atoms with Crippen LogP contribution in [-0.2, 0) is 23.1 Å². The Bertz CT molecular complexity index is 572. The minimum atomic E-state index is -0.0622. The summed E-state index contributed by atoms with van der Waals surface area (Å²) in [5.74, 6) is 1.33. The van der Waals surface area contributed by atoms with E-state index in [9.17, 15) is 4.79 Å². The molecule has 0 saturated carbocycles. The van der Waals surface area contributed by atoms with Crippen LogP contribution in [0, 0.1) is 0 Å².